The molecule has 236 valence electrons. The highest BCUT2D eigenvalue weighted by atomic mass is 32.1. The van der Waals surface area contributed by atoms with Gasteiger partial charge in [-0.2, -0.15) is 8.75 Å². The zero-order valence-electron chi connectivity index (χ0n) is 27.2. The minimum absolute atomic E-state index is 0.656. The molecule has 0 aliphatic carbocycles. The summed E-state index contributed by atoms with van der Waals surface area (Å²) in [6, 6.07) is 0. The lowest BCUT2D eigenvalue weighted by molar-refractivity contribution is 0.398. The Balaban J connectivity index is 1.56. The first-order chi connectivity index (χ1) is 22.0. The summed E-state index contributed by atoms with van der Waals surface area (Å²) in [5.41, 5.74) is 10.8. The lowest BCUT2D eigenvalue weighted by atomic mass is 9.99. The average molecular weight is 691 g/mol. The van der Waals surface area contributed by atoms with Crippen molar-refractivity contribution >= 4 is 129 Å². The van der Waals surface area contributed by atoms with E-state index in [2.05, 4.69) is 61.4 Å². The van der Waals surface area contributed by atoms with Crippen molar-refractivity contribution < 1.29 is 0 Å². The summed E-state index contributed by atoms with van der Waals surface area (Å²) in [4.78, 5) is 0. The summed E-state index contributed by atoms with van der Waals surface area (Å²) >= 11 is 9.26. The van der Waals surface area contributed by atoms with Gasteiger partial charge in [0.15, 0.2) is 0 Å². The predicted octanol–water partition coefficient (Wildman–Crippen LogP) is 13.5. The summed E-state index contributed by atoms with van der Waals surface area (Å²) in [6.07, 6.45) is 10.1. The molecule has 2 unspecified atom stereocenters. The van der Waals surface area contributed by atoms with Crippen LogP contribution in [0.1, 0.15) is 90.2 Å². The zero-order chi connectivity index (χ0) is 31.0. The summed E-state index contributed by atoms with van der Waals surface area (Å²) in [6.45, 7) is 16.2. The number of rotatable bonds is 12. The predicted molar refractivity (Wildman–Crippen MR) is 206 cm³/mol. The van der Waals surface area contributed by atoms with Gasteiger partial charge < -0.3 is 9.13 Å². The maximum absolute atomic E-state index is 5.10. The second-order valence-corrected chi connectivity index (χ2v) is 17.5. The van der Waals surface area contributed by atoms with Crippen LogP contribution in [0.15, 0.2) is 10.8 Å². The first-order valence-electron chi connectivity index (χ1n) is 16.9. The van der Waals surface area contributed by atoms with Crippen molar-refractivity contribution in [1.82, 2.24) is 17.9 Å². The molecule has 2 atom stereocenters. The fourth-order valence-corrected chi connectivity index (χ4v) is 13.5. The molecule has 0 amide bonds. The molecule has 8 aromatic rings. The van der Waals surface area contributed by atoms with Crippen molar-refractivity contribution in [2.24, 2.45) is 11.8 Å². The van der Waals surface area contributed by atoms with Crippen LogP contribution in [0.5, 0.6) is 0 Å². The lowest BCUT2D eigenvalue weighted by Gasteiger charge is -2.20. The number of unbranched alkanes of at least 4 members (excludes halogenated alkanes) is 2. The number of hydrogen-bond acceptors (Lipinski definition) is 7. The van der Waals surface area contributed by atoms with Crippen molar-refractivity contribution in [2.45, 2.75) is 106 Å². The molecule has 1 aromatic carbocycles. The second-order valence-electron chi connectivity index (χ2n) is 13.2. The van der Waals surface area contributed by atoms with Gasteiger partial charge in [-0.15, -0.1) is 45.3 Å². The van der Waals surface area contributed by atoms with Crippen LogP contribution in [0, 0.1) is 25.7 Å². The van der Waals surface area contributed by atoms with E-state index in [1.807, 2.05) is 45.3 Å². The van der Waals surface area contributed by atoms with Gasteiger partial charge >= 0.3 is 0 Å². The molecule has 8 rings (SSSR count). The third kappa shape index (κ3) is 4.50. The molecule has 0 spiro atoms. The molecular weight excluding hydrogens is 649 g/mol. The number of nitrogens with zero attached hydrogens (tertiary/aromatic N) is 4. The monoisotopic (exact) mass is 690 g/mol. The van der Waals surface area contributed by atoms with Crippen LogP contribution >= 0.6 is 57.1 Å². The molecular formula is C36H42N4S5. The Morgan fingerprint density at radius 3 is 1.44 bits per heavy atom. The van der Waals surface area contributed by atoms with Gasteiger partial charge in [0, 0.05) is 23.9 Å². The molecule has 0 fully saturated rings. The molecule has 0 aliphatic rings. The number of aryl methyl sites for hydroxylation is 2. The lowest BCUT2D eigenvalue weighted by Crippen LogP contribution is -2.13. The summed E-state index contributed by atoms with van der Waals surface area (Å²) in [7, 11) is 0. The largest absolute Gasteiger partial charge is 0.337 e. The number of aromatic nitrogens is 4. The van der Waals surface area contributed by atoms with E-state index < -0.39 is 0 Å². The summed E-state index contributed by atoms with van der Waals surface area (Å²) < 4.78 is 24.5. The maximum atomic E-state index is 5.10. The van der Waals surface area contributed by atoms with E-state index in [0.29, 0.717) is 11.8 Å². The number of benzene rings is 1. The molecule has 4 nitrogen and oxygen atoms in total. The van der Waals surface area contributed by atoms with Crippen LogP contribution in [0.4, 0.5) is 0 Å². The first kappa shape index (κ1) is 30.3. The smallest absolute Gasteiger partial charge is 0.116 e. The van der Waals surface area contributed by atoms with Gasteiger partial charge in [-0.25, -0.2) is 0 Å². The molecule has 0 saturated carbocycles. The molecule has 0 bridgehead atoms. The standard InChI is InChI=1S/C36H42N4S5/c1-7-11-13-21(9-3)15-39-27-23(33-29(39)35-31(43-33)19(5)17-41-35)25-26(38-45-37-25)24-28(27)40(16-22(10-4)14-12-8-2)30-34(24)44-32-20(6)18-42-36(30)32/h17-18,21-22H,7-16H2,1-6H3. The molecule has 9 heteroatoms. The summed E-state index contributed by atoms with van der Waals surface area (Å²) in [5.74, 6) is 1.31. The van der Waals surface area contributed by atoms with Gasteiger partial charge in [-0.1, -0.05) is 66.2 Å². The molecule has 0 radical (unpaired) electrons. The number of hydrogen-bond donors (Lipinski definition) is 0. The zero-order valence-corrected chi connectivity index (χ0v) is 31.3. The van der Waals surface area contributed by atoms with Crippen LogP contribution in [-0.2, 0) is 13.1 Å². The topological polar surface area (TPSA) is 35.6 Å². The quantitative estimate of drug-likeness (QED) is 0.128. The fourth-order valence-electron chi connectivity index (χ4n) is 7.66. The number of fused-ring (bicyclic) bond motifs is 14. The molecule has 7 heterocycles. The van der Waals surface area contributed by atoms with Gasteiger partial charge in [0.1, 0.15) is 11.0 Å². The van der Waals surface area contributed by atoms with Crippen LogP contribution in [-0.4, -0.2) is 17.9 Å². The fraction of sp³-hybridized carbons (Fsp3) is 0.500. The van der Waals surface area contributed by atoms with Crippen molar-refractivity contribution in [3.8, 4) is 0 Å². The third-order valence-corrected chi connectivity index (χ3v) is 15.9. The second kappa shape index (κ2) is 11.9. The Kier molecular flexibility index (Phi) is 8.00. The van der Waals surface area contributed by atoms with E-state index in [4.69, 9.17) is 8.75 Å². The molecule has 7 aromatic heterocycles. The van der Waals surface area contributed by atoms with Crippen LogP contribution < -0.4 is 0 Å². The van der Waals surface area contributed by atoms with E-state index in [0.717, 1.165) is 24.1 Å². The Bertz CT molecular complexity index is 2170. The van der Waals surface area contributed by atoms with Crippen LogP contribution in [0.25, 0.3) is 72.1 Å². The van der Waals surface area contributed by atoms with E-state index in [1.54, 1.807) is 0 Å². The maximum Gasteiger partial charge on any atom is 0.116 e. The molecule has 0 saturated heterocycles. The third-order valence-electron chi connectivity index (χ3n) is 10.3. The van der Waals surface area contributed by atoms with Crippen molar-refractivity contribution in [2.75, 3.05) is 0 Å². The minimum Gasteiger partial charge on any atom is -0.337 e. The van der Waals surface area contributed by atoms with Crippen molar-refractivity contribution in [1.29, 1.82) is 0 Å². The number of thiophene rings is 4. The Morgan fingerprint density at radius 2 is 1.04 bits per heavy atom. The van der Waals surface area contributed by atoms with Crippen molar-refractivity contribution in [3.05, 3.63) is 21.9 Å². The van der Waals surface area contributed by atoms with E-state index >= 15 is 0 Å². The van der Waals surface area contributed by atoms with Crippen LogP contribution in [0.2, 0.25) is 0 Å². The highest BCUT2D eigenvalue weighted by Gasteiger charge is 2.31. The SMILES string of the molecule is CCCCC(CC)Cn1c2c3scc(C)c3sc2c2c3nsnc3c3c4sc5c(C)csc5c4n(CC(CC)CCCC)c3c21. The van der Waals surface area contributed by atoms with Gasteiger partial charge in [0.05, 0.1) is 62.0 Å². The van der Waals surface area contributed by atoms with Gasteiger partial charge in [0.2, 0.25) is 0 Å². The highest BCUT2D eigenvalue weighted by Crippen LogP contribution is 2.53. The summed E-state index contributed by atoms with van der Waals surface area (Å²) in [5, 5.41) is 7.43. The van der Waals surface area contributed by atoms with Gasteiger partial charge in [0.25, 0.3) is 0 Å². The van der Waals surface area contributed by atoms with E-state index in [1.165, 1.54) is 135 Å². The normalized spacial score (nSPS) is 14.3. The molecule has 45 heavy (non-hydrogen) atoms. The Labute approximate surface area is 285 Å². The van der Waals surface area contributed by atoms with E-state index in [-0.39, 0.29) is 0 Å². The van der Waals surface area contributed by atoms with Gasteiger partial charge in [-0.3, -0.25) is 0 Å². The minimum atomic E-state index is 0.656. The molecule has 0 N–H and O–H groups in total. The Morgan fingerprint density at radius 1 is 0.600 bits per heavy atom. The highest BCUT2D eigenvalue weighted by molar-refractivity contribution is 7.33. The average Bonchev–Trinajstić information content (AvgIpc) is 3.89. The van der Waals surface area contributed by atoms with Gasteiger partial charge in [-0.05, 0) is 60.4 Å². The first-order valence-corrected chi connectivity index (χ1v) is 21.0. The van der Waals surface area contributed by atoms with Crippen LogP contribution in [0.3, 0.4) is 0 Å². The van der Waals surface area contributed by atoms with E-state index in [9.17, 15) is 0 Å². The molecule has 0 aliphatic heterocycles. The Hall–Kier alpha value is -2.04. The van der Waals surface area contributed by atoms with Crippen molar-refractivity contribution in [3.63, 3.8) is 0 Å².